The van der Waals surface area contributed by atoms with Crippen LogP contribution in [0.3, 0.4) is 0 Å². The number of hydrogen-bond acceptors (Lipinski definition) is 5. The second kappa shape index (κ2) is 6.34. The maximum atomic E-state index is 13.4. The van der Waals surface area contributed by atoms with Gasteiger partial charge in [0.15, 0.2) is 5.78 Å². The highest BCUT2D eigenvalue weighted by Crippen LogP contribution is 2.34. The number of nitrogens with zero attached hydrogens (tertiary/aromatic N) is 3. The quantitative estimate of drug-likeness (QED) is 0.727. The van der Waals surface area contributed by atoms with Gasteiger partial charge in [0.1, 0.15) is 18.0 Å². The third kappa shape index (κ3) is 2.74. The molecule has 1 aromatic heterocycles. The summed E-state index contributed by atoms with van der Waals surface area (Å²) in [6.07, 6.45) is 5.53. The summed E-state index contributed by atoms with van der Waals surface area (Å²) in [4.78, 5) is 23.9. The Morgan fingerprint density at radius 3 is 2.81 bits per heavy atom. The molecule has 1 atom stereocenters. The van der Waals surface area contributed by atoms with Crippen molar-refractivity contribution >= 4 is 28.2 Å². The number of piperidine rings is 1. The molecule has 1 fully saturated rings. The molecule has 5 heteroatoms. The van der Waals surface area contributed by atoms with Crippen LogP contribution in [0.1, 0.15) is 34.3 Å². The van der Waals surface area contributed by atoms with Gasteiger partial charge in [-0.2, -0.15) is 0 Å². The van der Waals surface area contributed by atoms with E-state index in [1.165, 1.54) is 22.8 Å². The molecule has 1 aliphatic heterocycles. The molecule has 1 saturated heterocycles. The summed E-state index contributed by atoms with van der Waals surface area (Å²) in [5.41, 5.74) is 9.42. The molecule has 0 unspecified atom stereocenters. The van der Waals surface area contributed by atoms with Crippen molar-refractivity contribution in [1.29, 1.82) is 0 Å². The lowest BCUT2D eigenvalue weighted by atomic mass is 9.87. The van der Waals surface area contributed by atoms with Gasteiger partial charge in [-0.15, -0.1) is 0 Å². The Balaban J connectivity index is 1.47. The molecule has 0 saturated carbocycles. The fourth-order valence-corrected chi connectivity index (χ4v) is 4.62. The topological polar surface area (TPSA) is 72.1 Å². The Morgan fingerprint density at radius 2 is 1.96 bits per heavy atom. The predicted molar refractivity (Wildman–Crippen MR) is 107 cm³/mol. The second-order valence-corrected chi connectivity index (χ2v) is 7.56. The number of benzene rings is 2. The van der Waals surface area contributed by atoms with Gasteiger partial charge in [-0.3, -0.25) is 4.79 Å². The summed E-state index contributed by atoms with van der Waals surface area (Å²) >= 11 is 0. The van der Waals surface area contributed by atoms with Gasteiger partial charge < -0.3 is 10.6 Å². The fourth-order valence-electron chi connectivity index (χ4n) is 4.62. The zero-order chi connectivity index (χ0) is 18.4. The molecule has 0 spiro atoms. The first-order chi connectivity index (χ1) is 13.2. The lowest BCUT2D eigenvalue weighted by Gasteiger charge is -2.33. The number of anilines is 2. The number of carbonyl (C=O) groups excluding carboxylic acids is 1. The number of nitrogens with two attached hydrogens (primary N) is 1. The largest absolute Gasteiger partial charge is 0.384 e. The molecule has 2 aromatic carbocycles. The van der Waals surface area contributed by atoms with E-state index < -0.39 is 0 Å². The maximum Gasteiger partial charge on any atom is 0.168 e. The van der Waals surface area contributed by atoms with Crippen LogP contribution in [-0.4, -0.2) is 28.8 Å². The third-order valence-electron chi connectivity index (χ3n) is 5.93. The van der Waals surface area contributed by atoms with Crippen molar-refractivity contribution in [2.45, 2.75) is 25.7 Å². The number of carbonyl (C=O) groups is 1. The number of aryl methyl sites for hydroxylation is 2. The first-order valence-electron chi connectivity index (χ1n) is 9.61. The first kappa shape index (κ1) is 16.2. The van der Waals surface area contributed by atoms with Crippen molar-refractivity contribution in [3.63, 3.8) is 0 Å². The summed E-state index contributed by atoms with van der Waals surface area (Å²) in [6.45, 7) is 1.57. The van der Waals surface area contributed by atoms with Gasteiger partial charge in [-0.25, -0.2) is 9.97 Å². The zero-order valence-corrected chi connectivity index (χ0v) is 15.2. The van der Waals surface area contributed by atoms with Crippen LogP contribution >= 0.6 is 0 Å². The van der Waals surface area contributed by atoms with E-state index in [0.29, 0.717) is 12.4 Å². The normalized spacial score (nSPS) is 18.8. The van der Waals surface area contributed by atoms with E-state index in [9.17, 15) is 4.79 Å². The number of aromatic nitrogens is 2. The van der Waals surface area contributed by atoms with Gasteiger partial charge >= 0.3 is 0 Å². The van der Waals surface area contributed by atoms with Gasteiger partial charge in [0.05, 0.1) is 0 Å². The molecule has 2 N–H and O–H groups in total. The summed E-state index contributed by atoms with van der Waals surface area (Å²) in [5, 5.41) is 2.43. The smallest absolute Gasteiger partial charge is 0.168 e. The van der Waals surface area contributed by atoms with Crippen molar-refractivity contribution < 1.29 is 4.79 Å². The summed E-state index contributed by atoms with van der Waals surface area (Å²) in [6, 6.07) is 12.3. The monoisotopic (exact) mass is 358 g/mol. The van der Waals surface area contributed by atoms with Crippen molar-refractivity contribution in [3.8, 4) is 0 Å². The Labute approximate surface area is 158 Å². The molecule has 136 valence electrons. The molecular weight excluding hydrogens is 336 g/mol. The van der Waals surface area contributed by atoms with E-state index in [1.54, 1.807) is 6.07 Å². The van der Waals surface area contributed by atoms with E-state index in [4.69, 9.17) is 5.73 Å². The number of rotatable bonds is 3. The lowest BCUT2D eigenvalue weighted by Crippen LogP contribution is -2.39. The molecule has 5 nitrogen and oxygen atoms in total. The average molecular weight is 358 g/mol. The zero-order valence-electron chi connectivity index (χ0n) is 15.2. The van der Waals surface area contributed by atoms with Gasteiger partial charge in [-0.05, 0) is 47.6 Å². The van der Waals surface area contributed by atoms with Crippen LogP contribution in [-0.2, 0) is 12.8 Å². The highest BCUT2D eigenvalue weighted by molar-refractivity contribution is 6.11. The predicted octanol–water partition coefficient (Wildman–Crippen LogP) is 3.41. The van der Waals surface area contributed by atoms with Crippen molar-refractivity contribution in [3.05, 3.63) is 59.4 Å². The first-order valence-corrected chi connectivity index (χ1v) is 9.61. The second-order valence-electron chi connectivity index (χ2n) is 7.56. The molecule has 1 aliphatic carbocycles. The minimum atomic E-state index is -0.0200. The summed E-state index contributed by atoms with van der Waals surface area (Å²) in [5.74, 6) is 1.49. The number of Topliss-reactive ketones (excluding diaryl/α,β-unsaturated/α-hetero) is 1. The van der Waals surface area contributed by atoms with E-state index in [1.807, 2.05) is 6.07 Å². The Kier molecular flexibility index (Phi) is 3.81. The minimum Gasteiger partial charge on any atom is -0.384 e. The summed E-state index contributed by atoms with van der Waals surface area (Å²) in [7, 11) is 0. The van der Waals surface area contributed by atoms with Crippen LogP contribution in [0.4, 0.5) is 11.6 Å². The number of hydrogen-bond donors (Lipinski definition) is 1. The number of nitrogen functional groups attached to an aromatic ring is 1. The highest BCUT2D eigenvalue weighted by atomic mass is 16.1. The Bertz CT molecular complexity index is 1040. The van der Waals surface area contributed by atoms with E-state index >= 15 is 0 Å². The Hall–Kier alpha value is -2.95. The van der Waals surface area contributed by atoms with Gasteiger partial charge in [0.25, 0.3) is 0 Å². The van der Waals surface area contributed by atoms with Crippen molar-refractivity contribution in [2.75, 3.05) is 23.7 Å². The molecule has 5 rings (SSSR count). The molecule has 3 aromatic rings. The van der Waals surface area contributed by atoms with Gasteiger partial charge in [0.2, 0.25) is 0 Å². The van der Waals surface area contributed by atoms with Crippen LogP contribution in [0.15, 0.2) is 42.7 Å². The lowest BCUT2D eigenvalue weighted by molar-refractivity contribution is 0.0909. The molecule has 0 amide bonds. The standard InChI is InChI=1S/C22H22N4O/c23-19-11-20(25-13-24-19)26-10-2-4-16(12-26)22(27)18-9-8-15-7-6-14-3-1-5-17(18)21(14)15/h1,3,5,8-9,11,13,16H,2,4,6-7,10,12H2,(H2,23,24,25)/t16-/m1/s1. The van der Waals surface area contributed by atoms with Crippen LogP contribution in [0, 0.1) is 5.92 Å². The maximum absolute atomic E-state index is 13.4. The SMILES string of the molecule is Nc1cc(N2CCC[C@@H](C(=O)c3ccc4c5c(cccc35)CC4)C2)ncn1. The third-order valence-corrected chi connectivity index (χ3v) is 5.93. The fraction of sp³-hybridized carbons (Fsp3) is 0.318. The van der Waals surface area contributed by atoms with E-state index in [-0.39, 0.29) is 11.7 Å². The van der Waals surface area contributed by atoms with Gasteiger partial charge in [0, 0.05) is 30.6 Å². The van der Waals surface area contributed by atoms with Crippen LogP contribution in [0.5, 0.6) is 0 Å². The molecule has 2 aliphatic rings. The van der Waals surface area contributed by atoms with Crippen molar-refractivity contribution in [2.24, 2.45) is 5.92 Å². The van der Waals surface area contributed by atoms with Crippen LogP contribution < -0.4 is 10.6 Å². The molecular formula is C22H22N4O. The molecule has 27 heavy (non-hydrogen) atoms. The van der Waals surface area contributed by atoms with E-state index in [2.05, 4.69) is 39.1 Å². The van der Waals surface area contributed by atoms with E-state index in [0.717, 1.165) is 49.0 Å². The van der Waals surface area contributed by atoms with Crippen LogP contribution in [0.2, 0.25) is 0 Å². The van der Waals surface area contributed by atoms with Crippen molar-refractivity contribution in [1.82, 2.24) is 9.97 Å². The van der Waals surface area contributed by atoms with Crippen LogP contribution in [0.25, 0.3) is 10.8 Å². The Morgan fingerprint density at radius 1 is 1.11 bits per heavy atom. The molecule has 0 radical (unpaired) electrons. The molecule has 0 bridgehead atoms. The summed E-state index contributed by atoms with van der Waals surface area (Å²) < 4.78 is 0. The molecule has 2 heterocycles. The average Bonchev–Trinajstić information content (AvgIpc) is 3.13. The number of ketones is 1. The highest BCUT2D eigenvalue weighted by Gasteiger charge is 2.29. The minimum absolute atomic E-state index is 0.0200. The van der Waals surface area contributed by atoms with Gasteiger partial charge in [-0.1, -0.05) is 30.3 Å².